The average Bonchev–Trinajstić information content (AvgIpc) is 2.89. The Balaban J connectivity index is 0.00000161. The van der Waals surface area contributed by atoms with Crippen LogP contribution >= 0.6 is 0 Å². The van der Waals surface area contributed by atoms with Crippen LogP contribution in [-0.4, -0.2) is 23.6 Å². The minimum Gasteiger partial charge on any atom is -1.00 e. The number of aryl methyl sites for hydroxylation is 1. The molecule has 0 aliphatic carbocycles. The fourth-order valence-corrected chi connectivity index (χ4v) is 2.24. The van der Waals surface area contributed by atoms with E-state index in [2.05, 4.69) is 24.2 Å². The molecule has 1 aromatic carbocycles. The molecule has 21 heavy (non-hydrogen) atoms. The lowest BCUT2D eigenvalue weighted by atomic mass is 10.1. The maximum atomic E-state index is 5.33. The largest absolute Gasteiger partial charge is 1.00 e. The number of halogens is 1. The van der Waals surface area contributed by atoms with Gasteiger partial charge in [0.15, 0.2) is 11.5 Å². The highest BCUT2D eigenvalue weighted by Crippen LogP contribution is 2.31. The highest BCUT2D eigenvalue weighted by Gasteiger charge is 2.09. The first kappa shape index (κ1) is 15.2. The van der Waals surface area contributed by atoms with Crippen LogP contribution in [-0.2, 0) is 0 Å². The third kappa shape index (κ3) is 2.81. The first-order chi connectivity index (χ1) is 9.71. The summed E-state index contributed by atoms with van der Waals surface area (Å²) in [6.45, 7) is 2.07. The van der Waals surface area contributed by atoms with Crippen molar-refractivity contribution < 1.29 is 21.9 Å². The molecule has 110 valence electrons. The number of rotatable bonds is 3. The number of ether oxygens (including phenoxy) is 2. The molecule has 0 N–H and O–H groups in total. The summed E-state index contributed by atoms with van der Waals surface area (Å²) in [6.07, 6.45) is 4.08. The molecule has 0 unspecified atom stereocenters. The zero-order chi connectivity index (χ0) is 14.1. The Bertz CT molecular complexity index is 768. The molecule has 0 amide bonds. The zero-order valence-corrected chi connectivity index (χ0v) is 12.9. The van der Waals surface area contributed by atoms with E-state index < -0.39 is 0 Å². The summed E-state index contributed by atoms with van der Waals surface area (Å²) >= 11 is 0. The van der Waals surface area contributed by atoms with E-state index in [1.807, 2.05) is 34.9 Å². The van der Waals surface area contributed by atoms with E-state index >= 15 is 0 Å². The van der Waals surface area contributed by atoms with Gasteiger partial charge in [-0.05, 0) is 36.8 Å². The first-order valence-corrected chi connectivity index (χ1v) is 6.39. The van der Waals surface area contributed by atoms with Crippen LogP contribution in [0.3, 0.4) is 0 Å². The number of pyridine rings is 1. The fraction of sp³-hybridized carbons (Fsp3) is 0.188. The number of nitrogens with zero attached hydrogens (tertiary/aromatic N) is 2. The minimum atomic E-state index is 0. The highest BCUT2D eigenvalue weighted by atomic mass is 35.5. The van der Waals surface area contributed by atoms with Crippen LogP contribution in [0.15, 0.2) is 42.7 Å². The van der Waals surface area contributed by atoms with Crippen LogP contribution in [0.1, 0.15) is 5.56 Å². The quantitative estimate of drug-likeness (QED) is 0.700. The molecule has 0 spiro atoms. The Morgan fingerprint density at radius 3 is 2.43 bits per heavy atom. The first-order valence-electron chi connectivity index (χ1n) is 6.39. The van der Waals surface area contributed by atoms with Gasteiger partial charge in [-0.1, -0.05) is 6.07 Å². The number of methoxy groups -OCH3 is 2. The smallest absolute Gasteiger partial charge is 0.161 e. The lowest BCUT2D eigenvalue weighted by molar-refractivity contribution is -0.00000470. The van der Waals surface area contributed by atoms with E-state index in [-0.39, 0.29) is 12.4 Å². The van der Waals surface area contributed by atoms with Gasteiger partial charge in [-0.25, -0.2) is 4.98 Å². The molecule has 2 aromatic heterocycles. The average molecular weight is 304 g/mol. The lowest BCUT2D eigenvalue weighted by Gasteiger charge is -2.08. The predicted octanol–water partition coefficient (Wildman–Crippen LogP) is 0.331. The van der Waals surface area contributed by atoms with Crippen LogP contribution < -0.4 is 21.9 Å². The van der Waals surface area contributed by atoms with Crippen LogP contribution in [0.5, 0.6) is 11.5 Å². The molecule has 5 heteroatoms. The van der Waals surface area contributed by atoms with Crippen molar-refractivity contribution in [2.24, 2.45) is 0 Å². The normalized spacial score (nSPS) is 10.2. The molecular weight excluding hydrogens is 288 g/mol. The molecule has 0 radical (unpaired) electrons. The van der Waals surface area contributed by atoms with E-state index in [1.165, 1.54) is 5.56 Å². The van der Waals surface area contributed by atoms with Gasteiger partial charge in [0.2, 0.25) is 0 Å². The van der Waals surface area contributed by atoms with Gasteiger partial charge in [0, 0.05) is 18.0 Å². The van der Waals surface area contributed by atoms with Gasteiger partial charge in [-0.3, -0.25) is 0 Å². The summed E-state index contributed by atoms with van der Waals surface area (Å²) in [5.41, 5.74) is 4.05. The summed E-state index contributed by atoms with van der Waals surface area (Å²) in [4.78, 5) is 4.62. The van der Waals surface area contributed by atoms with Crippen molar-refractivity contribution in [2.75, 3.05) is 14.2 Å². The topological polar surface area (TPSA) is 35.8 Å². The molecule has 0 saturated heterocycles. The van der Waals surface area contributed by atoms with Gasteiger partial charge in [-0.15, -0.1) is 0 Å². The van der Waals surface area contributed by atoms with Crippen molar-refractivity contribution in [1.29, 1.82) is 0 Å². The molecule has 2 heterocycles. The number of imidazole rings is 1. The molecule has 0 atom stereocenters. The van der Waals surface area contributed by atoms with Crippen molar-refractivity contribution in [3.05, 3.63) is 48.3 Å². The zero-order valence-electron chi connectivity index (χ0n) is 12.1. The van der Waals surface area contributed by atoms with E-state index in [0.717, 1.165) is 22.7 Å². The summed E-state index contributed by atoms with van der Waals surface area (Å²) in [5.74, 6) is 1.43. The lowest BCUT2D eigenvalue weighted by Crippen LogP contribution is -3.00. The molecule has 0 aliphatic heterocycles. The van der Waals surface area contributed by atoms with Gasteiger partial charge in [0.05, 0.1) is 19.9 Å². The predicted molar refractivity (Wildman–Crippen MR) is 78.5 cm³/mol. The summed E-state index contributed by atoms with van der Waals surface area (Å²) < 4.78 is 12.6. The Kier molecular flexibility index (Phi) is 4.38. The van der Waals surface area contributed by atoms with Gasteiger partial charge in [-0.2, -0.15) is 0 Å². The Labute approximate surface area is 129 Å². The summed E-state index contributed by atoms with van der Waals surface area (Å²) in [6, 6.07) is 9.88. The SMILES string of the molecule is COc1ccc(-c2cn3cc(C)ccc3n2)cc1OC.[Cl-]. The van der Waals surface area contributed by atoms with Crippen LogP contribution in [0.4, 0.5) is 0 Å². The monoisotopic (exact) mass is 303 g/mol. The van der Waals surface area contributed by atoms with Gasteiger partial charge in [0.25, 0.3) is 0 Å². The highest BCUT2D eigenvalue weighted by molar-refractivity contribution is 5.66. The van der Waals surface area contributed by atoms with E-state index in [0.29, 0.717) is 5.75 Å². The van der Waals surface area contributed by atoms with Crippen molar-refractivity contribution in [1.82, 2.24) is 9.38 Å². The molecule has 3 rings (SSSR count). The molecular formula is C16H16ClN2O2-. The van der Waals surface area contributed by atoms with Crippen molar-refractivity contribution in [2.45, 2.75) is 6.92 Å². The van der Waals surface area contributed by atoms with Crippen molar-refractivity contribution in [3.63, 3.8) is 0 Å². The Morgan fingerprint density at radius 1 is 0.952 bits per heavy atom. The van der Waals surface area contributed by atoms with Crippen molar-refractivity contribution >= 4 is 5.65 Å². The van der Waals surface area contributed by atoms with Gasteiger partial charge in [0.1, 0.15) is 5.65 Å². The number of hydrogen-bond acceptors (Lipinski definition) is 3. The second-order valence-electron chi connectivity index (χ2n) is 4.67. The molecule has 0 fully saturated rings. The maximum absolute atomic E-state index is 5.33. The van der Waals surface area contributed by atoms with E-state index in [1.54, 1.807) is 14.2 Å². The number of hydrogen-bond donors (Lipinski definition) is 0. The standard InChI is InChI=1S/C16H16N2O2.ClH/c1-11-4-7-16-17-13(10-18(16)9-11)12-5-6-14(19-2)15(8-12)20-3;/h4-10H,1-3H3;1H/p-1. The number of aromatic nitrogens is 2. The third-order valence-electron chi connectivity index (χ3n) is 3.28. The summed E-state index contributed by atoms with van der Waals surface area (Å²) in [5, 5.41) is 0. The third-order valence-corrected chi connectivity index (χ3v) is 3.28. The summed E-state index contributed by atoms with van der Waals surface area (Å²) in [7, 11) is 3.26. The number of benzene rings is 1. The molecule has 3 aromatic rings. The number of fused-ring (bicyclic) bond motifs is 1. The van der Waals surface area contributed by atoms with Crippen molar-refractivity contribution in [3.8, 4) is 22.8 Å². The van der Waals surface area contributed by atoms with Crippen LogP contribution in [0.25, 0.3) is 16.9 Å². The second kappa shape index (κ2) is 6.06. The Morgan fingerprint density at radius 2 is 1.71 bits per heavy atom. The fourth-order valence-electron chi connectivity index (χ4n) is 2.24. The Hall–Kier alpha value is -2.20. The molecule has 0 bridgehead atoms. The minimum absolute atomic E-state index is 0. The molecule has 0 saturated carbocycles. The molecule has 4 nitrogen and oxygen atoms in total. The van der Waals surface area contributed by atoms with Crippen LogP contribution in [0.2, 0.25) is 0 Å². The van der Waals surface area contributed by atoms with Gasteiger partial charge >= 0.3 is 0 Å². The maximum Gasteiger partial charge on any atom is 0.161 e. The van der Waals surface area contributed by atoms with E-state index in [4.69, 9.17) is 9.47 Å². The second-order valence-corrected chi connectivity index (χ2v) is 4.67. The molecule has 0 aliphatic rings. The van der Waals surface area contributed by atoms with Crippen LogP contribution in [0, 0.1) is 6.92 Å². The van der Waals surface area contributed by atoms with Gasteiger partial charge < -0.3 is 26.3 Å². The van der Waals surface area contributed by atoms with E-state index in [9.17, 15) is 0 Å².